The molecule has 0 aromatic heterocycles. The summed E-state index contributed by atoms with van der Waals surface area (Å²) in [6.07, 6.45) is 0. The van der Waals surface area contributed by atoms with Gasteiger partial charge in [-0.15, -0.1) is 0 Å². The van der Waals surface area contributed by atoms with Crippen LogP contribution in [0.15, 0.2) is 0 Å². The normalized spacial score (nSPS) is 11.2. The molecule has 0 saturated heterocycles. The summed E-state index contributed by atoms with van der Waals surface area (Å²) in [5.41, 5.74) is 0. The zero-order valence-electron chi connectivity index (χ0n) is 4.73. The first kappa shape index (κ1) is 20.1. The summed E-state index contributed by atoms with van der Waals surface area (Å²) in [5.74, 6) is 0. The SMILES string of the molecule is O=S(=O)(CS(=O)(=O)OF)OF.[NaH].[NaH]. The van der Waals surface area contributed by atoms with E-state index in [0.29, 0.717) is 0 Å². The molecule has 0 aromatic rings. The van der Waals surface area contributed by atoms with E-state index < -0.39 is 25.3 Å². The van der Waals surface area contributed by atoms with Crippen molar-refractivity contribution in [2.24, 2.45) is 0 Å². The van der Waals surface area contributed by atoms with Crippen molar-refractivity contribution in [3.63, 3.8) is 0 Å². The van der Waals surface area contributed by atoms with Gasteiger partial charge in [0.1, 0.15) is 0 Å². The van der Waals surface area contributed by atoms with Gasteiger partial charge in [0.15, 0.2) is 0 Å². The van der Waals surface area contributed by atoms with Gasteiger partial charge < -0.3 is 0 Å². The third kappa shape index (κ3) is 9.97. The fourth-order valence-electron chi connectivity index (χ4n) is 0.213. The third-order valence-electron chi connectivity index (χ3n) is 0.481. The Bertz CT molecular complexity index is 276. The van der Waals surface area contributed by atoms with Crippen LogP contribution in [-0.2, 0) is 29.0 Å². The van der Waals surface area contributed by atoms with Crippen molar-refractivity contribution < 1.29 is 34.7 Å². The molecule has 6 nitrogen and oxygen atoms in total. The predicted octanol–water partition coefficient (Wildman–Crippen LogP) is -1.89. The molecule has 0 bridgehead atoms. The molecule has 0 saturated carbocycles. The van der Waals surface area contributed by atoms with E-state index in [2.05, 4.69) is 8.78 Å². The zero-order valence-corrected chi connectivity index (χ0v) is 6.36. The number of hydrogen-bond donors (Lipinski definition) is 0. The van der Waals surface area contributed by atoms with Crippen LogP contribution in [0, 0.1) is 0 Å². The van der Waals surface area contributed by atoms with Gasteiger partial charge in [-0.1, -0.05) is 8.78 Å². The van der Waals surface area contributed by atoms with E-state index in [1.54, 1.807) is 0 Å². The summed E-state index contributed by atoms with van der Waals surface area (Å²) in [6.45, 7) is 0. The maximum atomic E-state index is 10.9. The van der Waals surface area contributed by atoms with E-state index in [0.717, 1.165) is 0 Å². The topological polar surface area (TPSA) is 86.7 Å². The van der Waals surface area contributed by atoms with Gasteiger partial charge in [0.05, 0.1) is 0 Å². The molecule has 0 fully saturated rings. The molecule has 0 rings (SSSR count). The van der Waals surface area contributed by atoms with E-state index in [9.17, 15) is 25.9 Å². The summed E-state index contributed by atoms with van der Waals surface area (Å²) >= 11 is 0. The third-order valence-corrected chi connectivity index (χ3v) is 3.17. The molecule has 13 heavy (non-hydrogen) atoms. The molecular weight excluding hydrogens is 256 g/mol. The molecule has 0 unspecified atom stereocenters. The number of hydrogen-bond acceptors (Lipinski definition) is 6. The van der Waals surface area contributed by atoms with Crippen molar-refractivity contribution >= 4 is 79.4 Å². The van der Waals surface area contributed by atoms with E-state index in [4.69, 9.17) is 0 Å². The van der Waals surface area contributed by atoms with E-state index in [1.807, 2.05) is 0 Å². The quantitative estimate of drug-likeness (QED) is 0.549. The van der Waals surface area contributed by atoms with E-state index >= 15 is 0 Å². The Balaban J connectivity index is -0.000000500. The summed E-state index contributed by atoms with van der Waals surface area (Å²) in [6, 6.07) is 0. The van der Waals surface area contributed by atoms with Gasteiger partial charge in [-0.3, -0.25) is 0 Å². The second-order valence-electron chi connectivity index (χ2n) is 1.36. The van der Waals surface area contributed by atoms with Crippen LogP contribution in [0.4, 0.5) is 9.05 Å². The summed E-state index contributed by atoms with van der Waals surface area (Å²) in [5, 5.41) is -1.91. The van der Waals surface area contributed by atoms with E-state index in [1.165, 1.54) is 0 Å². The Morgan fingerprint density at radius 2 is 1.08 bits per heavy atom. The van der Waals surface area contributed by atoms with Crippen LogP contribution in [0.1, 0.15) is 0 Å². The second kappa shape index (κ2) is 7.91. The first-order valence-electron chi connectivity index (χ1n) is 1.89. The Morgan fingerprint density at radius 1 is 0.846 bits per heavy atom. The monoisotopic (exact) mass is 260 g/mol. The van der Waals surface area contributed by atoms with Crippen molar-refractivity contribution in [1.29, 1.82) is 0 Å². The fourth-order valence-corrected chi connectivity index (χ4v) is 1.92. The second-order valence-corrected chi connectivity index (χ2v) is 4.78. The predicted molar refractivity (Wildman–Crippen MR) is 41.4 cm³/mol. The summed E-state index contributed by atoms with van der Waals surface area (Å²) in [7, 11) is -9.82. The molecule has 0 atom stereocenters. The molecule has 0 aromatic carbocycles. The van der Waals surface area contributed by atoms with Crippen LogP contribution in [0.3, 0.4) is 0 Å². The standard InChI is InChI=1S/CH2F2O6S2.2Na.2H/c2-8-10(4,5)1-11(6,7)9-3;;;;/h1H2;;;;. The fraction of sp³-hybridized carbons (Fsp3) is 1.00. The van der Waals surface area contributed by atoms with Gasteiger partial charge in [-0.05, 0) is 9.05 Å². The molecule has 12 heteroatoms. The van der Waals surface area contributed by atoms with Crippen LogP contribution < -0.4 is 0 Å². The first-order valence-corrected chi connectivity index (χ1v) is 5.04. The molecule has 0 heterocycles. The van der Waals surface area contributed by atoms with Crippen LogP contribution in [0.2, 0.25) is 0 Å². The van der Waals surface area contributed by atoms with Gasteiger partial charge in [0.2, 0.25) is 5.08 Å². The minimum absolute atomic E-state index is 0. The van der Waals surface area contributed by atoms with Gasteiger partial charge >= 0.3 is 79.4 Å². The molecule has 0 aliphatic rings. The van der Waals surface area contributed by atoms with Crippen LogP contribution in [0.25, 0.3) is 0 Å². The summed E-state index contributed by atoms with van der Waals surface area (Å²) < 4.78 is 66.1. The average molecular weight is 260 g/mol. The van der Waals surface area contributed by atoms with Gasteiger partial charge in [-0.2, -0.15) is 16.8 Å². The Hall–Kier alpha value is 1.68. The zero-order chi connectivity index (χ0) is 9.12. The average Bonchev–Trinajstić information content (AvgIpc) is 1.86. The van der Waals surface area contributed by atoms with Crippen molar-refractivity contribution in [3.8, 4) is 0 Å². The van der Waals surface area contributed by atoms with Crippen molar-refractivity contribution in [1.82, 2.24) is 0 Å². The van der Waals surface area contributed by atoms with Gasteiger partial charge in [0, 0.05) is 0 Å². The number of rotatable bonds is 4. The molecule has 72 valence electrons. The maximum absolute atomic E-state index is 10.9. The Labute approximate surface area is 118 Å². The van der Waals surface area contributed by atoms with Crippen LogP contribution in [-0.4, -0.2) is 81.0 Å². The van der Waals surface area contributed by atoms with Crippen molar-refractivity contribution in [2.75, 3.05) is 5.08 Å². The Morgan fingerprint density at radius 3 is 1.23 bits per heavy atom. The van der Waals surface area contributed by atoms with E-state index in [-0.39, 0.29) is 59.1 Å². The molecule has 0 aliphatic carbocycles. The first-order chi connectivity index (χ1) is 4.83. The van der Waals surface area contributed by atoms with Crippen LogP contribution in [0.5, 0.6) is 0 Å². The molecular formula is CH4F2Na2O6S2. The molecule has 0 spiro atoms. The Kier molecular flexibility index (Phi) is 12.2. The van der Waals surface area contributed by atoms with Crippen molar-refractivity contribution in [2.45, 2.75) is 0 Å². The molecule has 0 radical (unpaired) electrons. The van der Waals surface area contributed by atoms with Crippen LogP contribution >= 0.6 is 0 Å². The van der Waals surface area contributed by atoms with Gasteiger partial charge in [0.25, 0.3) is 0 Å². The minimum atomic E-state index is -4.91. The summed E-state index contributed by atoms with van der Waals surface area (Å²) in [4.78, 5) is 0. The molecule has 0 aliphatic heterocycles. The van der Waals surface area contributed by atoms with Gasteiger partial charge in [-0.25, -0.2) is 0 Å². The molecule has 0 amide bonds. The van der Waals surface area contributed by atoms with Crippen molar-refractivity contribution in [3.05, 3.63) is 0 Å². The molecule has 0 N–H and O–H groups in total. The number of halogens is 2.